The third kappa shape index (κ3) is 4.24. The van der Waals surface area contributed by atoms with Gasteiger partial charge in [0.2, 0.25) is 12.7 Å². The van der Waals surface area contributed by atoms with Crippen LogP contribution < -0.4 is 9.47 Å². The summed E-state index contributed by atoms with van der Waals surface area (Å²) in [7, 11) is 0. The van der Waals surface area contributed by atoms with Gasteiger partial charge in [0.05, 0.1) is 6.42 Å². The van der Waals surface area contributed by atoms with Crippen LogP contribution in [0.4, 0.5) is 0 Å². The van der Waals surface area contributed by atoms with E-state index >= 15 is 0 Å². The molecule has 1 N–H and O–H groups in total. The zero-order valence-electron chi connectivity index (χ0n) is 16.2. The van der Waals surface area contributed by atoms with E-state index in [2.05, 4.69) is 11.0 Å². The summed E-state index contributed by atoms with van der Waals surface area (Å²) in [6.45, 7) is 4.15. The zero-order valence-corrected chi connectivity index (χ0v) is 16.2. The molecule has 1 aliphatic carbocycles. The number of nitrogens with zero attached hydrogens (tertiary/aromatic N) is 2. The minimum Gasteiger partial charge on any atom is -0.481 e. The maximum absolute atomic E-state index is 12.8. The van der Waals surface area contributed by atoms with Crippen molar-refractivity contribution in [3.63, 3.8) is 0 Å². The quantitative estimate of drug-likeness (QED) is 0.807. The molecule has 7 nitrogen and oxygen atoms in total. The Labute approximate surface area is 165 Å². The number of benzene rings is 1. The molecular formula is C21H28N2O5. The minimum absolute atomic E-state index is 0.114. The number of fused-ring (bicyclic) bond motifs is 1. The Balaban J connectivity index is 1.28. The molecule has 3 aliphatic rings. The van der Waals surface area contributed by atoms with Crippen molar-refractivity contribution in [3.8, 4) is 11.5 Å². The predicted octanol–water partition coefficient (Wildman–Crippen LogP) is 2.48. The van der Waals surface area contributed by atoms with E-state index in [1.54, 1.807) is 0 Å². The number of piperazine rings is 1. The number of hydrogen-bond donors (Lipinski definition) is 1. The predicted molar refractivity (Wildman–Crippen MR) is 102 cm³/mol. The van der Waals surface area contributed by atoms with Crippen molar-refractivity contribution in [3.05, 3.63) is 23.8 Å². The van der Waals surface area contributed by atoms with Gasteiger partial charge in [0.25, 0.3) is 0 Å². The van der Waals surface area contributed by atoms with Gasteiger partial charge in [0.15, 0.2) is 11.5 Å². The van der Waals surface area contributed by atoms with Gasteiger partial charge in [-0.15, -0.1) is 0 Å². The van der Waals surface area contributed by atoms with Gasteiger partial charge in [-0.05, 0) is 36.0 Å². The fraction of sp³-hybridized carbons (Fsp3) is 0.619. The van der Waals surface area contributed by atoms with Crippen molar-refractivity contribution in [1.29, 1.82) is 0 Å². The molecule has 0 aromatic heterocycles. The number of carbonyl (C=O) groups is 2. The minimum atomic E-state index is -0.789. The van der Waals surface area contributed by atoms with E-state index in [-0.39, 0.29) is 24.5 Å². The van der Waals surface area contributed by atoms with Crippen LogP contribution in [-0.2, 0) is 16.1 Å². The van der Waals surface area contributed by atoms with Crippen LogP contribution in [0.1, 0.15) is 44.1 Å². The largest absolute Gasteiger partial charge is 0.481 e. The molecule has 0 unspecified atom stereocenters. The van der Waals surface area contributed by atoms with Crippen LogP contribution in [0.25, 0.3) is 0 Å². The smallest absolute Gasteiger partial charge is 0.303 e. The van der Waals surface area contributed by atoms with E-state index in [0.717, 1.165) is 56.8 Å². The number of amides is 1. The van der Waals surface area contributed by atoms with Crippen LogP contribution >= 0.6 is 0 Å². The van der Waals surface area contributed by atoms with Crippen LogP contribution in [0.3, 0.4) is 0 Å². The Hall–Kier alpha value is -2.28. The zero-order chi connectivity index (χ0) is 19.6. The summed E-state index contributed by atoms with van der Waals surface area (Å²) in [4.78, 5) is 28.3. The van der Waals surface area contributed by atoms with Gasteiger partial charge in [-0.2, -0.15) is 0 Å². The fourth-order valence-electron chi connectivity index (χ4n) is 4.75. The van der Waals surface area contributed by atoms with Gasteiger partial charge in [0, 0.05) is 39.1 Å². The van der Waals surface area contributed by atoms with Gasteiger partial charge >= 0.3 is 5.97 Å². The average Bonchev–Trinajstić information content (AvgIpc) is 3.31. The standard InChI is InChI=1S/C21H28N2O5/c24-19(12-21(13-20(25)26)5-1-2-6-21)23-9-7-22(8-10-23)14-16-3-4-17-18(11-16)28-15-27-17/h3-4,11H,1-2,5-10,12-15H2,(H,25,26). The molecule has 1 aromatic rings. The van der Waals surface area contributed by atoms with E-state index in [1.165, 1.54) is 5.56 Å². The van der Waals surface area contributed by atoms with Crippen LogP contribution in [0, 0.1) is 5.41 Å². The molecule has 152 valence electrons. The number of ether oxygens (including phenoxy) is 2. The molecule has 2 aliphatic heterocycles. The Bertz CT molecular complexity index is 736. The summed E-state index contributed by atoms with van der Waals surface area (Å²) in [5, 5.41) is 9.25. The van der Waals surface area contributed by atoms with E-state index in [0.29, 0.717) is 19.5 Å². The maximum Gasteiger partial charge on any atom is 0.303 e. The Morgan fingerprint density at radius 3 is 2.43 bits per heavy atom. The third-order valence-corrected chi connectivity index (χ3v) is 6.28. The molecule has 1 saturated carbocycles. The van der Waals surface area contributed by atoms with Gasteiger partial charge in [-0.1, -0.05) is 18.9 Å². The molecule has 2 fully saturated rings. The van der Waals surface area contributed by atoms with Gasteiger partial charge in [-0.3, -0.25) is 14.5 Å². The van der Waals surface area contributed by atoms with Crippen LogP contribution in [0.2, 0.25) is 0 Å². The second kappa shape index (κ2) is 7.99. The van der Waals surface area contributed by atoms with Crippen LogP contribution in [0.5, 0.6) is 11.5 Å². The summed E-state index contributed by atoms with van der Waals surface area (Å²) < 4.78 is 10.8. The number of aliphatic carboxylic acids is 1. The lowest BCUT2D eigenvalue weighted by Crippen LogP contribution is -2.49. The molecule has 2 heterocycles. The van der Waals surface area contributed by atoms with Crippen molar-refractivity contribution < 1.29 is 24.2 Å². The highest BCUT2D eigenvalue weighted by Crippen LogP contribution is 2.44. The lowest BCUT2D eigenvalue weighted by molar-refractivity contribution is -0.142. The van der Waals surface area contributed by atoms with Crippen molar-refractivity contribution in [1.82, 2.24) is 9.80 Å². The second-order valence-corrected chi connectivity index (χ2v) is 8.30. The molecule has 0 radical (unpaired) electrons. The number of hydrogen-bond acceptors (Lipinski definition) is 5. The lowest BCUT2D eigenvalue weighted by atomic mass is 9.79. The normalized spacial score (nSPS) is 21.1. The van der Waals surface area contributed by atoms with Gasteiger partial charge < -0.3 is 19.5 Å². The number of carboxylic acids is 1. The molecule has 1 saturated heterocycles. The summed E-state index contributed by atoms with van der Waals surface area (Å²) in [6.07, 6.45) is 4.27. The molecular weight excluding hydrogens is 360 g/mol. The molecule has 1 amide bonds. The van der Waals surface area contributed by atoms with E-state index in [9.17, 15) is 14.7 Å². The van der Waals surface area contributed by atoms with Crippen molar-refractivity contribution in [2.45, 2.75) is 45.1 Å². The molecule has 0 atom stereocenters. The highest BCUT2D eigenvalue weighted by atomic mass is 16.7. The first-order valence-electron chi connectivity index (χ1n) is 10.1. The monoisotopic (exact) mass is 388 g/mol. The summed E-state index contributed by atoms with van der Waals surface area (Å²) in [5.74, 6) is 0.919. The van der Waals surface area contributed by atoms with Crippen molar-refractivity contribution in [2.75, 3.05) is 33.0 Å². The molecule has 0 bridgehead atoms. The first-order valence-corrected chi connectivity index (χ1v) is 10.1. The topological polar surface area (TPSA) is 79.3 Å². The summed E-state index contributed by atoms with van der Waals surface area (Å²) in [6, 6.07) is 6.03. The van der Waals surface area contributed by atoms with E-state index < -0.39 is 5.97 Å². The van der Waals surface area contributed by atoms with Crippen LogP contribution in [-0.4, -0.2) is 59.8 Å². The van der Waals surface area contributed by atoms with Crippen molar-refractivity contribution in [2.24, 2.45) is 5.41 Å². The summed E-state index contributed by atoms with van der Waals surface area (Å²) >= 11 is 0. The third-order valence-electron chi connectivity index (χ3n) is 6.28. The highest BCUT2D eigenvalue weighted by Gasteiger charge is 2.39. The number of carbonyl (C=O) groups excluding carboxylic acids is 1. The molecule has 4 rings (SSSR count). The average molecular weight is 388 g/mol. The molecule has 28 heavy (non-hydrogen) atoms. The van der Waals surface area contributed by atoms with E-state index in [1.807, 2.05) is 17.0 Å². The Morgan fingerprint density at radius 2 is 1.71 bits per heavy atom. The summed E-state index contributed by atoms with van der Waals surface area (Å²) in [5.41, 5.74) is 0.849. The SMILES string of the molecule is O=C(O)CC1(CC(=O)N2CCN(Cc3ccc4c(c3)OCO4)CC2)CCCC1. The first-order chi connectivity index (χ1) is 13.5. The molecule has 1 aromatic carbocycles. The first kappa shape index (κ1) is 19.1. The van der Waals surface area contributed by atoms with E-state index in [4.69, 9.17) is 9.47 Å². The Kier molecular flexibility index (Phi) is 5.44. The highest BCUT2D eigenvalue weighted by molar-refractivity contribution is 5.78. The molecule has 0 spiro atoms. The number of carboxylic acid groups (broad SMARTS) is 1. The molecule has 7 heteroatoms. The maximum atomic E-state index is 12.8. The Morgan fingerprint density at radius 1 is 1.00 bits per heavy atom. The van der Waals surface area contributed by atoms with Crippen LogP contribution in [0.15, 0.2) is 18.2 Å². The lowest BCUT2D eigenvalue weighted by Gasteiger charge is -2.37. The van der Waals surface area contributed by atoms with Gasteiger partial charge in [-0.25, -0.2) is 0 Å². The second-order valence-electron chi connectivity index (χ2n) is 8.30. The fourth-order valence-corrected chi connectivity index (χ4v) is 4.75. The van der Waals surface area contributed by atoms with Crippen molar-refractivity contribution >= 4 is 11.9 Å². The number of rotatable bonds is 6. The van der Waals surface area contributed by atoms with Gasteiger partial charge in [0.1, 0.15) is 0 Å².